The molecule has 1 fully saturated rings. The standard InChI is InChI=1S/C12H22INO/c1-5-10-6-11(13)14(7-10)12(15)9(4)8(2)3/h8-11H,5-7H2,1-4H3/t9?,10?,11-/m0/s1. The third-order valence-corrected chi connectivity index (χ3v) is 4.75. The van der Waals surface area contributed by atoms with Crippen LogP contribution in [-0.4, -0.2) is 21.4 Å². The predicted octanol–water partition coefficient (Wildman–Crippen LogP) is 3.30. The van der Waals surface area contributed by atoms with E-state index >= 15 is 0 Å². The molecule has 0 spiro atoms. The molecular formula is C12H22INO. The Morgan fingerprint density at radius 1 is 1.47 bits per heavy atom. The van der Waals surface area contributed by atoms with Crippen molar-refractivity contribution in [3.8, 4) is 0 Å². The molecule has 1 rings (SSSR count). The van der Waals surface area contributed by atoms with E-state index < -0.39 is 0 Å². The molecule has 88 valence electrons. The van der Waals surface area contributed by atoms with Gasteiger partial charge in [0.25, 0.3) is 0 Å². The Hall–Kier alpha value is 0.200. The van der Waals surface area contributed by atoms with E-state index in [4.69, 9.17) is 0 Å². The average molecular weight is 323 g/mol. The van der Waals surface area contributed by atoms with Crippen LogP contribution in [0.4, 0.5) is 0 Å². The van der Waals surface area contributed by atoms with Gasteiger partial charge in [-0.05, 0) is 18.3 Å². The van der Waals surface area contributed by atoms with E-state index in [0.29, 0.717) is 15.9 Å². The van der Waals surface area contributed by atoms with Crippen molar-refractivity contribution in [2.75, 3.05) is 6.54 Å². The highest BCUT2D eigenvalue weighted by atomic mass is 127. The molecule has 3 atom stereocenters. The van der Waals surface area contributed by atoms with Gasteiger partial charge in [0.1, 0.15) is 0 Å². The highest BCUT2D eigenvalue weighted by Gasteiger charge is 2.34. The van der Waals surface area contributed by atoms with Crippen molar-refractivity contribution < 1.29 is 4.79 Å². The van der Waals surface area contributed by atoms with Crippen LogP contribution in [0.5, 0.6) is 0 Å². The molecule has 0 bridgehead atoms. The Kier molecular flexibility index (Phi) is 4.87. The molecule has 1 aliphatic heterocycles. The zero-order valence-corrected chi connectivity index (χ0v) is 12.3. The normalized spacial score (nSPS) is 28.5. The lowest BCUT2D eigenvalue weighted by Gasteiger charge is -2.26. The molecule has 0 aliphatic carbocycles. The maximum Gasteiger partial charge on any atom is 0.226 e. The van der Waals surface area contributed by atoms with E-state index in [2.05, 4.69) is 55.2 Å². The fourth-order valence-electron chi connectivity index (χ4n) is 1.94. The van der Waals surface area contributed by atoms with Gasteiger partial charge in [-0.1, -0.05) is 56.7 Å². The number of halogens is 1. The van der Waals surface area contributed by atoms with E-state index in [1.807, 2.05) is 0 Å². The number of rotatable bonds is 3. The van der Waals surface area contributed by atoms with E-state index in [0.717, 1.165) is 12.5 Å². The van der Waals surface area contributed by atoms with Crippen molar-refractivity contribution in [3.05, 3.63) is 0 Å². The zero-order valence-electron chi connectivity index (χ0n) is 10.2. The minimum atomic E-state index is 0.165. The first-order valence-corrected chi connectivity index (χ1v) is 7.16. The number of carbonyl (C=O) groups excluding carboxylic acids is 1. The van der Waals surface area contributed by atoms with Crippen LogP contribution in [0.25, 0.3) is 0 Å². The summed E-state index contributed by atoms with van der Waals surface area (Å²) in [5.74, 6) is 1.68. The second-order valence-electron chi connectivity index (χ2n) is 4.97. The summed E-state index contributed by atoms with van der Waals surface area (Å²) < 4.78 is 0.418. The molecule has 15 heavy (non-hydrogen) atoms. The molecule has 1 aliphatic rings. The molecule has 0 aromatic heterocycles. The summed E-state index contributed by atoms with van der Waals surface area (Å²) in [7, 11) is 0. The first-order chi connectivity index (χ1) is 6.97. The van der Waals surface area contributed by atoms with Gasteiger partial charge in [0.05, 0.1) is 4.05 Å². The van der Waals surface area contributed by atoms with Gasteiger partial charge in [0.15, 0.2) is 0 Å². The fourth-order valence-corrected chi connectivity index (χ4v) is 3.16. The molecule has 3 heteroatoms. The van der Waals surface area contributed by atoms with E-state index in [9.17, 15) is 4.79 Å². The smallest absolute Gasteiger partial charge is 0.226 e. The predicted molar refractivity (Wildman–Crippen MR) is 71.9 cm³/mol. The van der Waals surface area contributed by atoms with Crippen LogP contribution in [0.1, 0.15) is 40.5 Å². The van der Waals surface area contributed by atoms with Gasteiger partial charge in [-0.2, -0.15) is 0 Å². The summed E-state index contributed by atoms with van der Waals surface area (Å²) in [4.78, 5) is 14.3. The molecular weight excluding hydrogens is 301 g/mol. The molecule has 0 radical (unpaired) electrons. The van der Waals surface area contributed by atoms with Gasteiger partial charge in [0, 0.05) is 12.5 Å². The molecule has 1 amide bonds. The van der Waals surface area contributed by atoms with Gasteiger partial charge in [-0.25, -0.2) is 0 Å². The Bertz CT molecular complexity index is 230. The van der Waals surface area contributed by atoms with Gasteiger partial charge < -0.3 is 4.90 Å². The second kappa shape index (κ2) is 5.51. The third kappa shape index (κ3) is 3.08. The first-order valence-electron chi connectivity index (χ1n) is 5.91. The summed E-state index contributed by atoms with van der Waals surface area (Å²) in [5.41, 5.74) is 0. The number of nitrogens with zero attached hydrogens (tertiary/aromatic N) is 1. The molecule has 1 heterocycles. The van der Waals surface area contributed by atoms with Crippen molar-refractivity contribution >= 4 is 28.5 Å². The van der Waals surface area contributed by atoms with Gasteiger partial charge in [0.2, 0.25) is 5.91 Å². The van der Waals surface area contributed by atoms with Crippen LogP contribution in [0.3, 0.4) is 0 Å². The maximum atomic E-state index is 12.2. The van der Waals surface area contributed by atoms with E-state index in [-0.39, 0.29) is 5.92 Å². The highest BCUT2D eigenvalue weighted by Crippen LogP contribution is 2.31. The number of hydrogen-bond donors (Lipinski definition) is 0. The average Bonchev–Trinajstić information content (AvgIpc) is 2.57. The van der Waals surface area contributed by atoms with Gasteiger partial charge >= 0.3 is 0 Å². The van der Waals surface area contributed by atoms with Crippen LogP contribution in [0.2, 0.25) is 0 Å². The number of likely N-dealkylation sites (tertiary alicyclic amines) is 1. The minimum Gasteiger partial charge on any atom is -0.330 e. The Labute approximate surface area is 107 Å². The van der Waals surface area contributed by atoms with E-state index in [1.165, 1.54) is 12.8 Å². The first kappa shape index (κ1) is 13.3. The molecule has 2 unspecified atom stereocenters. The van der Waals surface area contributed by atoms with Gasteiger partial charge in [-0.15, -0.1) is 0 Å². The van der Waals surface area contributed by atoms with Crippen LogP contribution in [0.15, 0.2) is 0 Å². The Balaban J connectivity index is 2.61. The Morgan fingerprint density at radius 3 is 2.47 bits per heavy atom. The van der Waals surface area contributed by atoms with Crippen molar-refractivity contribution in [2.24, 2.45) is 17.8 Å². The summed E-state index contributed by atoms with van der Waals surface area (Å²) in [6, 6.07) is 0. The summed E-state index contributed by atoms with van der Waals surface area (Å²) in [5, 5.41) is 0. The monoisotopic (exact) mass is 323 g/mol. The van der Waals surface area contributed by atoms with Crippen molar-refractivity contribution in [3.63, 3.8) is 0 Å². The minimum absolute atomic E-state index is 0.165. The number of carbonyl (C=O) groups is 1. The van der Waals surface area contributed by atoms with Crippen LogP contribution < -0.4 is 0 Å². The summed E-state index contributed by atoms with van der Waals surface area (Å²) in [6.07, 6.45) is 2.37. The SMILES string of the molecule is CCC1C[C@@H](I)N(C(=O)C(C)C(C)C)C1. The largest absolute Gasteiger partial charge is 0.330 e. The summed E-state index contributed by atoms with van der Waals surface area (Å²) >= 11 is 2.41. The molecule has 0 N–H and O–H groups in total. The zero-order chi connectivity index (χ0) is 11.6. The van der Waals surface area contributed by atoms with Crippen LogP contribution >= 0.6 is 22.6 Å². The van der Waals surface area contributed by atoms with Gasteiger partial charge in [-0.3, -0.25) is 4.79 Å². The molecule has 0 aromatic rings. The quantitative estimate of drug-likeness (QED) is 0.443. The third-order valence-electron chi connectivity index (χ3n) is 3.57. The Morgan fingerprint density at radius 2 is 2.07 bits per heavy atom. The number of alkyl halides is 1. The summed E-state index contributed by atoms with van der Waals surface area (Å²) in [6.45, 7) is 9.49. The molecule has 1 saturated heterocycles. The lowest BCUT2D eigenvalue weighted by molar-refractivity contribution is -0.135. The maximum absolute atomic E-state index is 12.2. The fraction of sp³-hybridized carbons (Fsp3) is 0.917. The topological polar surface area (TPSA) is 20.3 Å². The van der Waals surface area contributed by atoms with Crippen LogP contribution in [0, 0.1) is 17.8 Å². The number of hydrogen-bond acceptors (Lipinski definition) is 1. The lowest BCUT2D eigenvalue weighted by atomic mass is 9.97. The van der Waals surface area contributed by atoms with Crippen molar-refractivity contribution in [2.45, 2.75) is 44.6 Å². The number of amides is 1. The van der Waals surface area contributed by atoms with Crippen LogP contribution in [-0.2, 0) is 4.79 Å². The highest BCUT2D eigenvalue weighted by molar-refractivity contribution is 14.1. The van der Waals surface area contributed by atoms with Crippen molar-refractivity contribution in [1.29, 1.82) is 0 Å². The lowest BCUT2D eigenvalue weighted by Crippen LogP contribution is -2.38. The van der Waals surface area contributed by atoms with E-state index in [1.54, 1.807) is 0 Å². The second-order valence-corrected chi connectivity index (χ2v) is 6.41. The molecule has 0 saturated carbocycles. The molecule has 2 nitrogen and oxygen atoms in total. The molecule has 0 aromatic carbocycles. The van der Waals surface area contributed by atoms with Crippen molar-refractivity contribution in [1.82, 2.24) is 4.90 Å².